The van der Waals surface area contributed by atoms with Crippen LogP contribution in [-0.4, -0.2) is 24.1 Å². The van der Waals surface area contributed by atoms with Gasteiger partial charge in [0.25, 0.3) is 5.92 Å². The first-order valence-electron chi connectivity index (χ1n) is 5.42. The summed E-state index contributed by atoms with van der Waals surface area (Å²) in [6, 6.07) is 6.84. The minimum Gasteiger partial charge on any atom is -0.392 e. The van der Waals surface area contributed by atoms with Crippen molar-refractivity contribution in [3.63, 3.8) is 0 Å². The average molecular weight is 227 g/mol. The summed E-state index contributed by atoms with van der Waals surface area (Å²) in [5, 5.41) is 11.7. The molecular formula is C12H15F2NO. The zero-order chi connectivity index (χ0) is 11.6. The lowest BCUT2D eigenvalue weighted by molar-refractivity contribution is -0.0420. The number of nitrogens with one attached hydrogen (secondary N) is 1. The van der Waals surface area contributed by atoms with E-state index in [0.29, 0.717) is 24.1 Å². The Morgan fingerprint density at radius 3 is 2.94 bits per heavy atom. The van der Waals surface area contributed by atoms with Crippen molar-refractivity contribution in [1.29, 1.82) is 0 Å². The summed E-state index contributed by atoms with van der Waals surface area (Å²) in [6.07, 6.45) is 0.432. The molecule has 0 spiro atoms. The lowest BCUT2D eigenvalue weighted by Crippen LogP contribution is -2.44. The molecule has 2 nitrogen and oxygen atoms in total. The number of aliphatic hydroxyl groups excluding tert-OH is 1. The second-order valence-electron chi connectivity index (χ2n) is 4.18. The zero-order valence-corrected chi connectivity index (χ0v) is 8.92. The van der Waals surface area contributed by atoms with Crippen molar-refractivity contribution in [1.82, 2.24) is 5.32 Å². The fourth-order valence-electron chi connectivity index (χ4n) is 2.15. The predicted molar refractivity (Wildman–Crippen MR) is 57.5 cm³/mol. The summed E-state index contributed by atoms with van der Waals surface area (Å²) in [6.45, 7) is 0.245. The van der Waals surface area contributed by atoms with Crippen molar-refractivity contribution in [2.75, 3.05) is 13.1 Å². The van der Waals surface area contributed by atoms with Gasteiger partial charge in [-0.15, -0.1) is 0 Å². The van der Waals surface area contributed by atoms with Gasteiger partial charge in [-0.3, -0.25) is 0 Å². The third kappa shape index (κ3) is 2.23. The van der Waals surface area contributed by atoms with Gasteiger partial charge in [0.05, 0.1) is 19.1 Å². The Balaban J connectivity index is 2.27. The van der Waals surface area contributed by atoms with Crippen LogP contribution < -0.4 is 5.32 Å². The molecule has 1 unspecified atom stereocenters. The first-order chi connectivity index (χ1) is 7.63. The number of benzene rings is 1. The Morgan fingerprint density at radius 2 is 2.25 bits per heavy atom. The van der Waals surface area contributed by atoms with Crippen LogP contribution >= 0.6 is 0 Å². The van der Waals surface area contributed by atoms with Crippen LogP contribution in [0.1, 0.15) is 23.5 Å². The van der Waals surface area contributed by atoms with E-state index in [-0.39, 0.29) is 13.2 Å². The Labute approximate surface area is 93.3 Å². The van der Waals surface area contributed by atoms with Crippen LogP contribution in [0.4, 0.5) is 8.78 Å². The van der Waals surface area contributed by atoms with E-state index in [1.54, 1.807) is 24.3 Å². The molecule has 1 aromatic rings. The molecule has 88 valence electrons. The minimum absolute atomic E-state index is 0.107. The summed E-state index contributed by atoms with van der Waals surface area (Å²) >= 11 is 0. The molecule has 1 aromatic carbocycles. The Morgan fingerprint density at radius 1 is 1.44 bits per heavy atom. The third-order valence-corrected chi connectivity index (χ3v) is 3.02. The largest absolute Gasteiger partial charge is 0.392 e. The quantitative estimate of drug-likeness (QED) is 0.808. The Hall–Kier alpha value is -1.00. The van der Waals surface area contributed by atoms with E-state index in [1.807, 2.05) is 0 Å². The maximum atomic E-state index is 13.7. The number of hydrogen-bond donors (Lipinski definition) is 2. The fourth-order valence-corrected chi connectivity index (χ4v) is 2.15. The molecule has 1 saturated heterocycles. The smallest absolute Gasteiger partial charge is 0.267 e. The summed E-state index contributed by atoms with van der Waals surface area (Å²) in [5.41, 5.74) is 1.31. The molecule has 16 heavy (non-hydrogen) atoms. The Bertz CT molecular complexity index is 368. The zero-order valence-electron chi connectivity index (χ0n) is 8.92. The van der Waals surface area contributed by atoms with Crippen LogP contribution in [0.15, 0.2) is 24.3 Å². The van der Waals surface area contributed by atoms with Gasteiger partial charge in [-0.25, -0.2) is 8.78 Å². The summed E-state index contributed by atoms with van der Waals surface area (Å²) in [7, 11) is 0. The first-order valence-corrected chi connectivity index (χ1v) is 5.42. The van der Waals surface area contributed by atoms with Crippen LogP contribution in [0.2, 0.25) is 0 Å². The van der Waals surface area contributed by atoms with Gasteiger partial charge in [0.15, 0.2) is 0 Å². The maximum absolute atomic E-state index is 13.7. The molecule has 1 aliphatic rings. The number of alkyl halides is 2. The number of rotatable bonds is 2. The molecule has 1 atom stereocenters. The number of aliphatic hydroxyl groups is 1. The molecule has 0 aromatic heterocycles. The van der Waals surface area contributed by atoms with Crippen molar-refractivity contribution in [2.45, 2.75) is 24.9 Å². The van der Waals surface area contributed by atoms with Gasteiger partial charge >= 0.3 is 0 Å². The highest BCUT2D eigenvalue weighted by Gasteiger charge is 2.42. The minimum atomic E-state index is -2.70. The highest BCUT2D eigenvalue weighted by molar-refractivity contribution is 5.28. The summed E-state index contributed by atoms with van der Waals surface area (Å²) in [5.74, 6) is -3.44. The molecular weight excluding hydrogens is 212 g/mol. The lowest BCUT2D eigenvalue weighted by Gasteiger charge is -2.32. The average Bonchev–Trinajstić information content (AvgIpc) is 2.28. The van der Waals surface area contributed by atoms with Gasteiger partial charge in [-0.05, 0) is 24.1 Å². The van der Waals surface area contributed by atoms with E-state index in [9.17, 15) is 8.78 Å². The van der Waals surface area contributed by atoms with Crippen LogP contribution in [-0.2, 0) is 6.61 Å². The molecule has 1 fully saturated rings. The highest BCUT2D eigenvalue weighted by atomic mass is 19.3. The van der Waals surface area contributed by atoms with Gasteiger partial charge in [0.2, 0.25) is 0 Å². The van der Waals surface area contributed by atoms with E-state index in [4.69, 9.17) is 5.11 Å². The first kappa shape index (κ1) is 11.5. The van der Waals surface area contributed by atoms with Gasteiger partial charge in [0.1, 0.15) is 0 Å². The number of halogens is 2. The van der Waals surface area contributed by atoms with Crippen LogP contribution in [0, 0.1) is 0 Å². The van der Waals surface area contributed by atoms with Crippen molar-refractivity contribution in [3.05, 3.63) is 35.4 Å². The van der Waals surface area contributed by atoms with Crippen molar-refractivity contribution in [3.8, 4) is 0 Å². The fraction of sp³-hybridized carbons (Fsp3) is 0.500. The monoisotopic (exact) mass is 227 g/mol. The van der Waals surface area contributed by atoms with E-state index in [0.717, 1.165) is 0 Å². The second kappa shape index (κ2) is 4.47. The van der Waals surface area contributed by atoms with Crippen LogP contribution in [0.25, 0.3) is 0 Å². The Kier molecular flexibility index (Phi) is 3.21. The van der Waals surface area contributed by atoms with Crippen molar-refractivity contribution >= 4 is 0 Å². The molecule has 0 bridgehead atoms. The number of hydrogen-bond acceptors (Lipinski definition) is 2. The molecule has 2 N–H and O–H groups in total. The van der Waals surface area contributed by atoms with Gasteiger partial charge in [-0.1, -0.05) is 24.3 Å². The van der Waals surface area contributed by atoms with Crippen molar-refractivity contribution < 1.29 is 13.9 Å². The standard InChI is InChI=1S/C12H15F2NO/c13-12(14)8-15-5-4-11(12)10-3-1-2-9(6-10)7-16/h1-3,6,11,15-16H,4-5,7-8H2. The van der Waals surface area contributed by atoms with Gasteiger partial charge in [0, 0.05) is 0 Å². The van der Waals surface area contributed by atoms with Crippen LogP contribution in [0.3, 0.4) is 0 Å². The molecule has 1 heterocycles. The maximum Gasteiger partial charge on any atom is 0.267 e. The molecule has 2 rings (SSSR count). The topological polar surface area (TPSA) is 32.3 Å². The molecule has 4 heteroatoms. The van der Waals surface area contributed by atoms with Crippen molar-refractivity contribution in [2.24, 2.45) is 0 Å². The summed E-state index contributed by atoms with van der Waals surface area (Å²) in [4.78, 5) is 0. The van der Waals surface area contributed by atoms with E-state index in [2.05, 4.69) is 5.32 Å². The number of piperidine rings is 1. The van der Waals surface area contributed by atoms with Gasteiger partial charge in [-0.2, -0.15) is 0 Å². The van der Waals surface area contributed by atoms with E-state index in [1.165, 1.54) is 0 Å². The SMILES string of the molecule is OCc1cccc(C2CCNCC2(F)F)c1. The van der Waals surface area contributed by atoms with Crippen LogP contribution in [0.5, 0.6) is 0 Å². The predicted octanol–water partition coefficient (Wildman–Crippen LogP) is 1.89. The van der Waals surface area contributed by atoms with E-state index >= 15 is 0 Å². The van der Waals surface area contributed by atoms with E-state index < -0.39 is 11.8 Å². The van der Waals surface area contributed by atoms with Gasteiger partial charge < -0.3 is 10.4 Å². The molecule has 0 aliphatic carbocycles. The molecule has 0 radical (unpaired) electrons. The second-order valence-corrected chi connectivity index (χ2v) is 4.18. The molecule has 0 saturated carbocycles. The molecule has 1 aliphatic heterocycles. The lowest BCUT2D eigenvalue weighted by atomic mass is 9.86. The normalized spacial score (nSPS) is 24.3. The third-order valence-electron chi connectivity index (χ3n) is 3.02. The highest BCUT2D eigenvalue weighted by Crippen LogP contribution is 2.37. The summed E-state index contributed by atoms with van der Waals surface area (Å²) < 4.78 is 27.3. The molecule has 0 amide bonds.